The monoisotopic (exact) mass is 352 g/mol. The van der Waals surface area contributed by atoms with Gasteiger partial charge in [0.2, 0.25) is 0 Å². The van der Waals surface area contributed by atoms with Crippen molar-refractivity contribution in [3.05, 3.63) is 29.8 Å². The number of nitrogens with zero attached hydrogens (tertiary/aromatic N) is 1. The van der Waals surface area contributed by atoms with Crippen LogP contribution in [0.5, 0.6) is 5.75 Å². The standard InChI is InChI=1S/C16H23F3N2O.ClH/c1-2-22-14-5-3-4-13(12-14)15(6-7-16(17,18)19)21-10-8-20-9-11-21;/h3-5,12,15,20H,2,6-11H2,1H3;1H/t15-;/m1./s1. The van der Waals surface area contributed by atoms with E-state index in [0.29, 0.717) is 12.4 Å². The van der Waals surface area contributed by atoms with Gasteiger partial charge in [-0.2, -0.15) is 13.2 Å². The van der Waals surface area contributed by atoms with Crippen LogP contribution in [0.15, 0.2) is 24.3 Å². The Kier molecular flexibility index (Phi) is 8.16. The van der Waals surface area contributed by atoms with Gasteiger partial charge in [0, 0.05) is 38.6 Å². The summed E-state index contributed by atoms with van der Waals surface area (Å²) >= 11 is 0. The minimum Gasteiger partial charge on any atom is -0.494 e. The fourth-order valence-corrected chi connectivity index (χ4v) is 2.83. The molecule has 3 nitrogen and oxygen atoms in total. The Morgan fingerprint density at radius 2 is 1.96 bits per heavy atom. The van der Waals surface area contributed by atoms with Crippen LogP contribution in [-0.4, -0.2) is 43.9 Å². The van der Waals surface area contributed by atoms with Crippen LogP contribution < -0.4 is 10.1 Å². The zero-order valence-corrected chi connectivity index (χ0v) is 14.1. The average molecular weight is 353 g/mol. The Labute approximate surface area is 141 Å². The quantitative estimate of drug-likeness (QED) is 0.843. The normalized spacial score (nSPS) is 17.4. The van der Waals surface area contributed by atoms with Crippen molar-refractivity contribution in [1.29, 1.82) is 0 Å². The van der Waals surface area contributed by atoms with Crippen LogP contribution in [-0.2, 0) is 0 Å². The van der Waals surface area contributed by atoms with Gasteiger partial charge in [-0.05, 0) is 31.0 Å². The number of rotatable bonds is 6. The first-order valence-corrected chi connectivity index (χ1v) is 7.74. The second-order valence-electron chi connectivity index (χ2n) is 5.46. The lowest BCUT2D eigenvalue weighted by Gasteiger charge is -2.35. The van der Waals surface area contributed by atoms with E-state index in [9.17, 15) is 13.2 Å². The highest BCUT2D eigenvalue weighted by atomic mass is 35.5. The molecule has 7 heteroatoms. The molecule has 1 aliphatic rings. The van der Waals surface area contributed by atoms with Crippen molar-refractivity contribution in [2.45, 2.75) is 32.0 Å². The first-order valence-electron chi connectivity index (χ1n) is 7.74. The van der Waals surface area contributed by atoms with E-state index >= 15 is 0 Å². The number of halogens is 4. The lowest BCUT2D eigenvalue weighted by Crippen LogP contribution is -2.45. The lowest BCUT2D eigenvalue weighted by atomic mass is 9.99. The molecular weight excluding hydrogens is 329 g/mol. The molecule has 1 aromatic rings. The van der Waals surface area contributed by atoms with E-state index in [1.807, 2.05) is 31.2 Å². The van der Waals surface area contributed by atoms with Crippen molar-refractivity contribution in [3.63, 3.8) is 0 Å². The Morgan fingerprint density at radius 1 is 1.26 bits per heavy atom. The summed E-state index contributed by atoms with van der Waals surface area (Å²) in [5, 5.41) is 3.24. The van der Waals surface area contributed by atoms with Gasteiger partial charge in [0.05, 0.1) is 6.61 Å². The molecule has 1 saturated heterocycles. The molecule has 1 N–H and O–H groups in total. The highest BCUT2D eigenvalue weighted by Gasteiger charge is 2.31. The Bertz CT molecular complexity index is 465. The summed E-state index contributed by atoms with van der Waals surface area (Å²) < 4.78 is 43.4. The number of ether oxygens (including phenoxy) is 1. The third-order valence-corrected chi connectivity index (χ3v) is 3.85. The van der Waals surface area contributed by atoms with Gasteiger partial charge in [0.15, 0.2) is 0 Å². The first-order chi connectivity index (χ1) is 10.5. The predicted molar refractivity (Wildman–Crippen MR) is 87.3 cm³/mol. The summed E-state index contributed by atoms with van der Waals surface area (Å²) in [5.41, 5.74) is 0.900. The van der Waals surface area contributed by atoms with Crippen molar-refractivity contribution in [1.82, 2.24) is 10.2 Å². The van der Waals surface area contributed by atoms with Crippen LogP contribution in [0.2, 0.25) is 0 Å². The van der Waals surface area contributed by atoms with Gasteiger partial charge in [0.25, 0.3) is 0 Å². The van der Waals surface area contributed by atoms with Gasteiger partial charge < -0.3 is 10.1 Å². The Hall–Kier alpha value is -0.980. The molecule has 0 aliphatic carbocycles. The highest BCUT2D eigenvalue weighted by molar-refractivity contribution is 5.85. The molecule has 0 spiro atoms. The molecular formula is C16H24ClF3N2O. The zero-order chi connectivity index (χ0) is 16.0. The van der Waals surface area contributed by atoms with Crippen LogP contribution in [0.3, 0.4) is 0 Å². The molecule has 0 saturated carbocycles. The van der Waals surface area contributed by atoms with Gasteiger partial charge in [0.1, 0.15) is 5.75 Å². The molecule has 2 rings (SSSR count). The number of hydrogen-bond acceptors (Lipinski definition) is 3. The van der Waals surface area contributed by atoms with Crippen LogP contribution in [0, 0.1) is 0 Å². The smallest absolute Gasteiger partial charge is 0.389 e. The van der Waals surface area contributed by atoms with Crippen LogP contribution in [0.4, 0.5) is 13.2 Å². The third-order valence-electron chi connectivity index (χ3n) is 3.85. The van der Waals surface area contributed by atoms with E-state index < -0.39 is 12.6 Å². The third kappa shape index (κ3) is 6.57. The van der Waals surface area contributed by atoms with E-state index in [-0.39, 0.29) is 24.9 Å². The second kappa shape index (κ2) is 9.35. The fourth-order valence-electron chi connectivity index (χ4n) is 2.83. The Morgan fingerprint density at radius 3 is 2.57 bits per heavy atom. The topological polar surface area (TPSA) is 24.5 Å². The molecule has 1 atom stereocenters. The molecule has 0 amide bonds. The molecule has 1 aromatic carbocycles. The van der Waals surface area contributed by atoms with Gasteiger partial charge in [-0.1, -0.05) is 12.1 Å². The van der Waals surface area contributed by atoms with E-state index in [0.717, 1.165) is 31.7 Å². The van der Waals surface area contributed by atoms with E-state index in [1.54, 1.807) is 0 Å². The van der Waals surface area contributed by atoms with Gasteiger partial charge in [-0.25, -0.2) is 0 Å². The maximum atomic E-state index is 12.6. The van der Waals surface area contributed by atoms with Gasteiger partial charge in [-0.3, -0.25) is 4.90 Å². The number of nitrogens with one attached hydrogen (secondary N) is 1. The summed E-state index contributed by atoms with van der Waals surface area (Å²) in [5.74, 6) is 0.715. The summed E-state index contributed by atoms with van der Waals surface area (Å²) in [4.78, 5) is 2.13. The van der Waals surface area contributed by atoms with Crippen molar-refractivity contribution >= 4 is 12.4 Å². The maximum Gasteiger partial charge on any atom is 0.389 e. The molecule has 1 aliphatic heterocycles. The maximum absolute atomic E-state index is 12.6. The predicted octanol–water partition coefficient (Wildman–Crippen LogP) is 3.80. The van der Waals surface area contributed by atoms with Crippen molar-refractivity contribution < 1.29 is 17.9 Å². The Balaban J connectivity index is 0.00000264. The molecule has 132 valence electrons. The summed E-state index contributed by atoms with van der Waals surface area (Å²) in [6.45, 7) is 5.60. The van der Waals surface area contributed by atoms with Crippen LogP contribution >= 0.6 is 12.4 Å². The highest BCUT2D eigenvalue weighted by Crippen LogP contribution is 2.33. The lowest BCUT2D eigenvalue weighted by molar-refractivity contribution is -0.138. The molecule has 1 fully saturated rings. The second-order valence-corrected chi connectivity index (χ2v) is 5.46. The summed E-state index contributed by atoms with van der Waals surface area (Å²) in [6.07, 6.45) is -4.80. The van der Waals surface area contributed by atoms with Crippen LogP contribution in [0.1, 0.15) is 31.4 Å². The zero-order valence-electron chi connectivity index (χ0n) is 13.2. The van der Waals surface area contributed by atoms with E-state index in [2.05, 4.69) is 10.2 Å². The molecule has 0 bridgehead atoms. The van der Waals surface area contributed by atoms with E-state index in [4.69, 9.17) is 4.74 Å². The van der Waals surface area contributed by atoms with Gasteiger partial charge in [-0.15, -0.1) is 12.4 Å². The van der Waals surface area contributed by atoms with Crippen LogP contribution in [0.25, 0.3) is 0 Å². The van der Waals surface area contributed by atoms with E-state index in [1.165, 1.54) is 0 Å². The number of piperazine rings is 1. The largest absolute Gasteiger partial charge is 0.494 e. The summed E-state index contributed by atoms with van der Waals surface area (Å²) in [7, 11) is 0. The molecule has 1 heterocycles. The molecule has 0 aromatic heterocycles. The number of alkyl halides is 3. The number of hydrogen-bond donors (Lipinski definition) is 1. The molecule has 23 heavy (non-hydrogen) atoms. The van der Waals surface area contributed by atoms with Crippen molar-refractivity contribution in [2.75, 3.05) is 32.8 Å². The summed E-state index contributed by atoms with van der Waals surface area (Å²) in [6, 6.07) is 7.23. The molecule has 0 unspecified atom stereocenters. The average Bonchev–Trinajstić information content (AvgIpc) is 2.48. The number of benzene rings is 1. The minimum atomic E-state index is -4.12. The molecule has 0 radical (unpaired) electrons. The fraction of sp³-hybridized carbons (Fsp3) is 0.625. The van der Waals surface area contributed by atoms with Gasteiger partial charge >= 0.3 is 6.18 Å². The van der Waals surface area contributed by atoms with Crippen molar-refractivity contribution in [2.24, 2.45) is 0 Å². The SMILES string of the molecule is CCOc1cccc([C@@H](CCC(F)(F)F)N2CCNCC2)c1.Cl. The van der Waals surface area contributed by atoms with Crippen molar-refractivity contribution in [3.8, 4) is 5.75 Å². The minimum absolute atomic E-state index is 0. The first kappa shape index (κ1) is 20.1.